The number of rotatable bonds is 7. The summed E-state index contributed by atoms with van der Waals surface area (Å²) in [6.45, 7) is 2.23. The highest BCUT2D eigenvalue weighted by molar-refractivity contribution is 5.84. The second-order valence-electron chi connectivity index (χ2n) is 8.64. The zero-order chi connectivity index (χ0) is 23.9. The van der Waals surface area contributed by atoms with Gasteiger partial charge in [0.1, 0.15) is 0 Å². The van der Waals surface area contributed by atoms with Crippen molar-refractivity contribution >= 4 is 10.8 Å². The lowest BCUT2D eigenvalue weighted by molar-refractivity contribution is 0.453. The molecular weight excluding hydrogens is 429 g/mol. The summed E-state index contributed by atoms with van der Waals surface area (Å²) in [6, 6.07) is 22.7. The monoisotopic (exact) mass is 456 g/mol. The number of fused-ring (bicyclic) bond motifs is 1. The predicted molar refractivity (Wildman–Crippen MR) is 133 cm³/mol. The Labute approximate surface area is 199 Å². The van der Waals surface area contributed by atoms with Crippen LogP contribution in [0.5, 0.6) is 0 Å². The molecule has 0 heterocycles. The third kappa shape index (κ3) is 5.88. The summed E-state index contributed by atoms with van der Waals surface area (Å²) in [5.74, 6) is 2.28. The van der Waals surface area contributed by atoms with Gasteiger partial charge in [-0.05, 0) is 78.1 Å². The first kappa shape index (κ1) is 23.6. The molecule has 0 radical (unpaired) electrons. The van der Waals surface area contributed by atoms with E-state index in [-0.39, 0.29) is 10.8 Å². The molecule has 3 heteroatoms. The summed E-state index contributed by atoms with van der Waals surface area (Å²) in [7, 11) is 0. The van der Waals surface area contributed by atoms with Crippen molar-refractivity contribution < 1.29 is 13.2 Å². The topological polar surface area (TPSA) is 0 Å². The van der Waals surface area contributed by atoms with Gasteiger partial charge in [-0.1, -0.05) is 74.1 Å². The molecule has 0 N–H and O–H groups in total. The lowest BCUT2D eigenvalue weighted by atomic mass is 10.0. The Kier molecular flexibility index (Phi) is 7.70. The van der Waals surface area contributed by atoms with E-state index in [1.807, 2.05) is 12.1 Å². The van der Waals surface area contributed by atoms with Crippen LogP contribution in [0.1, 0.15) is 54.0 Å². The minimum absolute atomic E-state index is 0.0416. The van der Waals surface area contributed by atoms with Crippen molar-refractivity contribution in [3.8, 4) is 11.8 Å². The summed E-state index contributed by atoms with van der Waals surface area (Å²) >= 11 is 0. The van der Waals surface area contributed by atoms with Gasteiger partial charge in [0.15, 0.2) is 17.5 Å². The van der Waals surface area contributed by atoms with Crippen molar-refractivity contribution in [1.29, 1.82) is 0 Å². The molecule has 0 aliphatic carbocycles. The van der Waals surface area contributed by atoms with Gasteiger partial charge in [0.05, 0.1) is 0 Å². The third-order valence-corrected chi connectivity index (χ3v) is 6.07. The molecule has 0 bridgehead atoms. The van der Waals surface area contributed by atoms with E-state index >= 15 is 0 Å². The lowest BCUT2D eigenvalue weighted by Crippen LogP contribution is -1.93. The third-order valence-electron chi connectivity index (χ3n) is 6.07. The number of hydrogen-bond donors (Lipinski definition) is 0. The van der Waals surface area contributed by atoms with Crippen molar-refractivity contribution in [1.82, 2.24) is 0 Å². The van der Waals surface area contributed by atoms with Gasteiger partial charge in [0.2, 0.25) is 0 Å². The highest BCUT2D eigenvalue weighted by Crippen LogP contribution is 2.24. The minimum atomic E-state index is -1.45. The zero-order valence-electron chi connectivity index (χ0n) is 19.3. The van der Waals surface area contributed by atoms with Crippen LogP contribution < -0.4 is 0 Å². The van der Waals surface area contributed by atoms with E-state index in [9.17, 15) is 13.2 Å². The normalized spacial score (nSPS) is 10.8. The van der Waals surface area contributed by atoms with Crippen LogP contribution in [0, 0.1) is 29.3 Å². The fourth-order valence-corrected chi connectivity index (χ4v) is 4.02. The quantitative estimate of drug-likeness (QED) is 0.149. The van der Waals surface area contributed by atoms with Crippen LogP contribution in [0.4, 0.5) is 13.2 Å². The maximum absolute atomic E-state index is 13.9. The first-order chi connectivity index (χ1) is 16.5. The van der Waals surface area contributed by atoms with Crippen LogP contribution in [-0.2, 0) is 19.3 Å². The van der Waals surface area contributed by atoms with Crippen molar-refractivity contribution in [2.45, 2.75) is 45.4 Å². The maximum Gasteiger partial charge on any atom is 0.195 e. The number of unbranched alkanes of at least 4 members (excludes halogenated alkanes) is 2. The van der Waals surface area contributed by atoms with E-state index in [2.05, 4.69) is 55.2 Å². The van der Waals surface area contributed by atoms with Gasteiger partial charge in [0.25, 0.3) is 0 Å². The van der Waals surface area contributed by atoms with Gasteiger partial charge in [0, 0.05) is 16.5 Å². The summed E-state index contributed by atoms with van der Waals surface area (Å²) in [4.78, 5) is 0. The van der Waals surface area contributed by atoms with E-state index in [1.54, 1.807) is 12.1 Å². The van der Waals surface area contributed by atoms with E-state index in [1.165, 1.54) is 42.0 Å². The van der Waals surface area contributed by atoms with Gasteiger partial charge in [-0.25, -0.2) is 13.2 Å². The van der Waals surface area contributed by atoms with Gasteiger partial charge in [-0.2, -0.15) is 0 Å². The molecule has 0 fully saturated rings. The standard InChI is InChI=1S/C31H27F3/c1-2-3-4-5-22-6-8-23(9-7-22)10-11-24-12-14-25(15-13-24)16-17-26-18-19-28-27(20-26)21-29(32)31(34)30(28)33/h6-9,12-15,18-21H,2-5,10-11H2,1H3. The van der Waals surface area contributed by atoms with Crippen molar-refractivity contribution in [2.24, 2.45) is 0 Å². The van der Waals surface area contributed by atoms with Gasteiger partial charge in [-0.15, -0.1) is 0 Å². The SMILES string of the molecule is CCCCCc1ccc(CCc2ccc(C#Cc3ccc4c(F)c(F)c(F)cc4c3)cc2)cc1. The van der Waals surface area contributed by atoms with Crippen LogP contribution in [-0.4, -0.2) is 0 Å². The van der Waals surface area contributed by atoms with E-state index in [4.69, 9.17) is 0 Å². The van der Waals surface area contributed by atoms with Crippen LogP contribution in [0.2, 0.25) is 0 Å². The molecule has 0 spiro atoms. The molecule has 0 amide bonds. The molecule has 172 valence electrons. The average Bonchev–Trinajstić information content (AvgIpc) is 2.86. The Hall–Kier alpha value is -3.51. The van der Waals surface area contributed by atoms with E-state index < -0.39 is 17.5 Å². The average molecular weight is 457 g/mol. The molecular formula is C31H27F3. The smallest absolute Gasteiger partial charge is 0.195 e. The number of benzene rings is 4. The molecule has 34 heavy (non-hydrogen) atoms. The van der Waals surface area contributed by atoms with Crippen LogP contribution in [0.3, 0.4) is 0 Å². The lowest BCUT2D eigenvalue weighted by Gasteiger charge is -2.05. The van der Waals surface area contributed by atoms with Crippen LogP contribution in [0.15, 0.2) is 72.8 Å². The van der Waals surface area contributed by atoms with E-state index in [0.29, 0.717) is 5.56 Å². The second kappa shape index (κ2) is 11.1. The summed E-state index contributed by atoms with van der Waals surface area (Å²) < 4.78 is 40.8. The molecule has 4 rings (SSSR count). The van der Waals surface area contributed by atoms with Crippen LogP contribution in [0.25, 0.3) is 10.8 Å². The molecule has 0 aliphatic heterocycles. The maximum atomic E-state index is 13.9. The van der Waals surface area contributed by atoms with Gasteiger partial charge < -0.3 is 0 Å². The molecule has 0 saturated heterocycles. The molecule has 0 aliphatic rings. The fourth-order valence-electron chi connectivity index (χ4n) is 4.02. The van der Waals surface area contributed by atoms with Crippen molar-refractivity contribution in [3.05, 3.63) is 118 Å². The van der Waals surface area contributed by atoms with Gasteiger partial charge in [-0.3, -0.25) is 0 Å². The summed E-state index contributed by atoms with van der Waals surface area (Å²) in [6.07, 6.45) is 6.89. The Bertz CT molecular complexity index is 1320. The van der Waals surface area contributed by atoms with Crippen molar-refractivity contribution in [3.63, 3.8) is 0 Å². The van der Waals surface area contributed by atoms with Crippen LogP contribution >= 0.6 is 0 Å². The number of halogens is 3. The number of aryl methyl sites for hydroxylation is 3. The Morgan fingerprint density at radius 2 is 1.15 bits per heavy atom. The molecule has 4 aromatic rings. The first-order valence-corrected chi connectivity index (χ1v) is 11.8. The molecule has 0 unspecified atom stereocenters. The molecule has 0 aromatic heterocycles. The Morgan fingerprint density at radius 1 is 0.588 bits per heavy atom. The Balaban J connectivity index is 1.37. The molecule has 0 nitrogen and oxygen atoms in total. The fraction of sp³-hybridized carbons (Fsp3) is 0.226. The molecule has 0 atom stereocenters. The second-order valence-corrected chi connectivity index (χ2v) is 8.64. The Morgan fingerprint density at radius 3 is 1.79 bits per heavy atom. The zero-order valence-corrected chi connectivity index (χ0v) is 19.3. The first-order valence-electron chi connectivity index (χ1n) is 11.8. The molecule has 4 aromatic carbocycles. The highest BCUT2D eigenvalue weighted by atomic mass is 19.2. The minimum Gasteiger partial charge on any atom is -0.204 e. The van der Waals surface area contributed by atoms with E-state index in [0.717, 1.165) is 30.9 Å². The van der Waals surface area contributed by atoms with Gasteiger partial charge >= 0.3 is 0 Å². The largest absolute Gasteiger partial charge is 0.204 e. The van der Waals surface area contributed by atoms with Crippen molar-refractivity contribution in [2.75, 3.05) is 0 Å². The highest BCUT2D eigenvalue weighted by Gasteiger charge is 2.13. The number of hydrogen-bond acceptors (Lipinski definition) is 0. The predicted octanol–water partition coefficient (Wildman–Crippen LogP) is 8.17. The summed E-state index contributed by atoms with van der Waals surface area (Å²) in [5, 5.41) is 0.326. The summed E-state index contributed by atoms with van der Waals surface area (Å²) in [5.41, 5.74) is 5.47. The molecule has 0 saturated carbocycles.